The molecule has 3 heterocycles. The summed E-state index contributed by atoms with van der Waals surface area (Å²) >= 11 is 0. The van der Waals surface area contributed by atoms with Gasteiger partial charge in [0.2, 0.25) is 0 Å². The Balaban J connectivity index is 1.29. The van der Waals surface area contributed by atoms with Gasteiger partial charge in [-0.15, -0.1) is 0 Å². The summed E-state index contributed by atoms with van der Waals surface area (Å²) in [5, 5.41) is 15.2. The first-order chi connectivity index (χ1) is 27.0. The molecule has 0 spiro atoms. The number of nitriles is 1. The molecule has 0 atom stereocenters. The Morgan fingerprint density at radius 3 is 1.93 bits per heavy atom. The van der Waals surface area contributed by atoms with Gasteiger partial charge in [-0.2, -0.15) is 5.26 Å². The topological polar surface area (TPSA) is 80.5 Å². The molecule has 0 N–H and O–H groups in total. The second-order valence-electron chi connectivity index (χ2n) is 14.7. The molecule has 1 aliphatic rings. The van der Waals surface area contributed by atoms with Crippen LogP contribution in [0.4, 0.5) is 0 Å². The van der Waals surface area contributed by atoms with Crippen molar-refractivity contribution >= 4 is 43.7 Å². The zero-order chi connectivity index (χ0) is 36.8. The average Bonchev–Trinajstić information content (AvgIpc) is 3.87. The third kappa shape index (κ3) is 4.44. The smallest absolute Gasteiger partial charge is 0.169 e. The van der Waals surface area contributed by atoms with Gasteiger partial charge in [0.1, 0.15) is 17.2 Å². The maximum absolute atomic E-state index is 11.1. The lowest BCUT2D eigenvalue weighted by atomic mass is 9.82. The van der Waals surface area contributed by atoms with Crippen LogP contribution in [0.25, 0.3) is 94.7 Å². The van der Waals surface area contributed by atoms with Crippen LogP contribution in [0.2, 0.25) is 0 Å². The maximum atomic E-state index is 11.1. The fourth-order valence-electron chi connectivity index (χ4n) is 8.78. The molecule has 0 fully saturated rings. The molecule has 11 rings (SSSR count). The van der Waals surface area contributed by atoms with Crippen LogP contribution in [-0.2, 0) is 5.41 Å². The molecular formula is C49H31N5O. The van der Waals surface area contributed by atoms with Crippen LogP contribution in [0.5, 0.6) is 0 Å². The van der Waals surface area contributed by atoms with Crippen molar-refractivity contribution in [3.05, 3.63) is 168 Å². The van der Waals surface area contributed by atoms with E-state index in [0.29, 0.717) is 39.8 Å². The first kappa shape index (κ1) is 31.2. The molecule has 0 saturated heterocycles. The fraction of sp³-hybridized carbons (Fsp3) is 0.0612. The Morgan fingerprint density at radius 2 is 1.20 bits per heavy atom. The van der Waals surface area contributed by atoms with E-state index in [2.05, 4.69) is 91.2 Å². The van der Waals surface area contributed by atoms with E-state index >= 15 is 0 Å². The van der Waals surface area contributed by atoms with E-state index in [1.807, 2.05) is 84.9 Å². The summed E-state index contributed by atoms with van der Waals surface area (Å²) in [5.74, 6) is 1.40. The molecule has 0 aliphatic heterocycles. The van der Waals surface area contributed by atoms with Crippen molar-refractivity contribution in [2.75, 3.05) is 0 Å². The highest BCUT2D eigenvalue weighted by atomic mass is 16.3. The number of benzene rings is 7. The zero-order valence-electron chi connectivity index (χ0n) is 30.1. The number of para-hydroxylation sites is 2. The second-order valence-corrected chi connectivity index (χ2v) is 14.7. The number of rotatable bonds is 4. The van der Waals surface area contributed by atoms with E-state index in [0.717, 1.165) is 49.4 Å². The monoisotopic (exact) mass is 705 g/mol. The molecule has 258 valence electrons. The van der Waals surface area contributed by atoms with Crippen LogP contribution >= 0.6 is 0 Å². The number of fused-ring (bicyclic) bond motifs is 10. The van der Waals surface area contributed by atoms with Crippen LogP contribution in [0.1, 0.15) is 30.5 Å². The molecule has 6 heteroatoms. The van der Waals surface area contributed by atoms with Crippen LogP contribution in [0, 0.1) is 11.3 Å². The van der Waals surface area contributed by atoms with Crippen LogP contribution < -0.4 is 0 Å². The van der Waals surface area contributed by atoms with E-state index in [4.69, 9.17) is 19.4 Å². The van der Waals surface area contributed by atoms with Gasteiger partial charge in [-0.3, -0.25) is 0 Å². The molecule has 1 aliphatic carbocycles. The van der Waals surface area contributed by atoms with Crippen molar-refractivity contribution < 1.29 is 4.42 Å². The van der Waals surface area contributed by atoms with Crippen molar-refractivity contribution in [3.8, 4) is 57.0 Å². The summed E-state index contributed by atoms with van der Waals surface area (Å²) in [5.41, 5.74) is 11.8. The van der Waals surface area contributed by atoms with Crippen molar-refractivity contribution in [1.82, 2.24) is 19.5 Å². The first-order valence-electron chi connectivity index (χ1n) is 18.4. The highest BCUT2D eigenvalue weighted by Crippen LogP contribution is 2.53. The Bertz CT molecular complexity index is 3180. The number of hydrogen-bond donors (Lipinski definition) is 0. The van der Waals surface area contributed by atoms with E-state index < -0.39 is 0 Å². The molecule has 3 aromatic heterocycles. The summed E-state index contributed by atoms with van der Waals surface area (Å²) in [4.78, 5) is 15.1. The molecule has 55 heavy (non-hydrogen) atoms. The van der Waals surface area contributed by atoms with Crippen molar-refractivity contribution in [2.24, 2.45) is 0 Å². The van der Waals surface area contributed by atoms with Crippen LogP contribution in [0.3, 0.4) is 0 Å². The predicted octanol–water partition coefficient (Wildman–Crippen LogP) is 12.0. The van der Waals surface area contributed by atoms with Crippen molar-refractivity contribution in [3.63, 3.8) is 0 Å². The highest BCUT2D eigenvalue weighted by Gasteiger charge is 2.38. The maximum Gasteiger partial charge on any atom is 0.169 e. The minimum Gasteiger partial charge on any atom is -0.455 e. The van der Waals surface area contributed by atoms with Crippen molar-refractivity contribution in [2.45, 2.75) is 19.3 Å². The van der Waals surface area contributed by atoms with Gasteiger partial charge in [0, 0.05) is 38.3 Å². The number of hydrogen-bond acceptors (Lipinski definition) is 5. The molecular weight excluding hydrogens is 675 g/mol. The molecule has 0 amide bonds. The molecule has 0 radical (unpaired) electrons. The zero-order valence-corrected chi connectivity index (χ0v) is 30.1. The molecule has 10 aromatic rings. The predicted molar refractivity (Wildman–Crippen MR) is 220 cm³/mol. The third-order valence-electron chi connectivity index (χ3n) is 11.3. The van der Waals surface area contributed by atoms with Gasteiger partial charge in [0.25, 0.3) is 0 Å². The lowest BCUT2D eigenvalue weighted by molar-refractivity contribution is 0.661. The quantitative estimate of drug-likeness (QED) is 0.182. The molecule has 7 aromatic carbocycles. The SMILES string of the molecule is CC1(C)c2ccccc2-c2c1ccc1c3ccccc3n(-c3cc(C#N)c(-c4nc(-c5ccccc5)nc(-c5ccccc5)n4)c4oc5ccccc5c34)c21. The lowest BCUT2D eigenvalue weighted by Crippen LogP contribution is -2.14. The lowest BCUT2D eigenvalue weighted by Gasteiger charge is -2.21. The van der Waals surface area contributed by atoms with Crippen LogP contribution in [0.15, 0.2) is 156 Å². The van der Waals surface area contributed by atoms with E-state index in [1.165, 1.54) is 22.3 Å². The summed E-state index contributed by atoms with van der Waals surface area (Å²) in [7, 11) is 0. The Morgan fingerprint density at radius 1 is 0.582 bits per heavy atom. The highest BCUT2D eigenvalue weighted by molar-refractivity contribution is 6.20. The number of aromatic nitrogens is 4. The fourth-order valence-corrected chi connectivity index (χ4v) is 8.78. The van der Waals surface area contributed by atoms with Gasteiger partial charge in [-0.25, -0.2) is 15.0 Å². The first-order valence-corrected chi connectivity index (χ1v) is 18.4. The Labute approximate surface area is 316 Å². The van der Waals surface area contributed by atoms with E-state index in [-0.39, 0.29) is 5.41 Å². The van der Waals surface area contributed by atoms with Gasteiger partial charge in [-0.05, 0) is 34.9 Å². The molecule has 6 nitrogen and oxygen atoms in total. The average molecular weight is 706 g/mol. The summed E-state index contributed by atoms with van der Waals surface area (Å²) in [6.45, 7) is 4.62. The third-order valence-corrected chi connectivity index (χ3v) is 11.3. The molecule has 0 bridgehead atoms. The standard InChI is InChI=1S/C49H31N5O/c1-49(2)36-22-12-9-20-34(36)42-37(49)26-25-33-32-19-10-13-23-38(32)54(44(33)42)39-27-31(28-50)41(45-43(39)35-21-11-14-24-40(35)55-45)48-52-46(29-15-5-3-6-16-29)51-47(53-48)30-17-7-4-8-18-30/h3-27H,1-2H3. The summed E-state index contributed by atoms with van der Waals surface area (Å²) < 4.78 is 9.21. The minimum absolute atomic E-state index is 0.188. The van der Waals surface area contributed by atoms with Gasteiger partial charge in [-0.1, -0.05) is 147 Å². The normalized spacial score (nSPS) is 13.0. The minimum atomic E-state index is -0.188. The molecule has 0 unspecified atom stereocenters. The summed E-state index contributed by atoms with van der Waals surface area (Å²) in [6.07, 6.45) is 0. The van der Waals surface area contributed by atoms with Gasteiger partial charge < -0.3 is 8.98 Å². The number of furan rings is 1. The van der Waals surface area contributed by atoms with Gasteiger partial charge in [0.15, 0.2) is 17.5 Å². The van der Waals surface area contributed by atoms with E-state index in [1.54, 1.807) is 0 Å². The van der Waals surface area contributed by atoms with E-state index in [9.17, 15) is 5.26 Å². The second kappa shape index (κ2) is 11.6. The molecule has 0 saturated carbocycles. The van der Waals surface area contributed by atoms with Gasteiger partial charge >= 0.3 is 0 Å². The Kier molecular flexibility index (Phi) is 6.56. The van der Waals surface area contributed by atoms with Crippen LogP contribution in [-0.4, -0.2) is 19.5 Å². The largest absolute Gasteiger partial charge is 0.455 e. The Hall–Kier alpha value is -7.36. The summed E-state index contributed by atoms with van der Waals surface area (Å²) in [6, 6.07) is 54.3. The number of nitrogens with zero attached hydrogens (tertiary/aromatic N) is 5. The van der Waals surface area contributed by atoms with Gasteiger partial charge in [0.05, 0.1) is 33.2 Å². The van der Waals surface area contributed by atoms with Crippen molar-refractivity contribution in [1.29, 1.82) is 5.26 Å².